The van der Waals surface area contributed by atoms with Crippen LogP contribution in [0.25, 0.3) is 0 Å². The van der Waals surface area contributed by atoms with Gasteiger partial charge in [0.15, 0.2) is 0 Å². The molecule has 0 aliphatic heterocycles. The van der Waals surface area contributed by atoms with Crippen LogP contribution < -0.4 is 5.32 Å². The molecule has 0 atom stereocenters. The van der Waals surface area contributed by atoms with Gasteiger partial charge in [-0.3, -0.25) is 0 Å². The van der Waals surface area contributed by atoms with Crippen molar-refractivity contribution in [1.82, 2.24) is 5.32 Å². The lowest BCUT2D eigenvalue weighted by atomic mass is 10.0. The van der Waals surface area contributed by atoms with E-state index < -0.39 is 0 Å². The van der Waals surface area contributed by atoms with Crippen LogP contribution in [-0.4, -0.2) is 6.54 Å². The van der Waals surface area contributed by atoms with E-state index in [1.54, 1.807) is 6.07 Å². The molecule has 3 heteroatoms. The Morgan fingerprint density at radius 1 is 1.31 bits per heavy atom. The maximum absolute atomic E-state index is 13.1. The third kappa shape index (κ3) is 3.76. The summed E-state index contributed by atoms with van der Waals surface area (Å²) in [4.78, 5) is 0. The predicted molar refractivity (Wildman–Crippen MR) is 67.2 cm³/mol. The number of rotatable bonds is 6. The van der Waals surface area contributed by atoms with E-state index in [9.17, 15) is 4.39 Å². The summed E-state index contributed by atoms with van der Waals surface area (Å²) < 4.78 is 13.1. The Morgan fingerprint density at radius 3 is 2.62 bits per heavy atom. The Kier molecular flexibility index (Phi) is 5.78. The van der Waals surface area contributed by atoms with Gasteiger partial charge in [-0.2, -0.15) is 0 Å². The van der Waals surface area contributed by atoms with Crippen LogP contribution in [0.5, 0.6) is 0 Å². The standard InChI is InChI=1S/C13H19ClFN/c1-3-10(4-2)8-16-9-11-6-5-7-12(15)13(11)14/h5-7,10,16H,3-4,8-9H2,1-2H3. The predicted octanol–water partition coefficient (Wildman–Crippen LogP) is 4.00. The Hall–Kier alpha value is -0.600. The summed E-state index contributed by atoms with van der Waals surface area (Å²) in [5, 5.41) is 3.56. The van der Waals surface area contributed by atoms with Gasteiger partial charge in [0.2, 0.25) is 0 Å². The monoisotopic (exact) mass is 243 g/mol. The summed E-state index contributed by atoms with van der Waals surface area (Å²) in [6.07, 6.45) is 2.33. The molecular formula is C13H19ClFN. The van der Waals surface area contributed by atoms with Crippen molar-refractivity contribution in [3.63, 3.8) is 0 Å². The fraction of sp³-hybridized carbons (Fsp3) is 0.538. The van der Waals surface area contributed by atoms with Gasteiger partial charge in [0, 0.05) is 6.54 Å². The first kappa shape index (κ1) is 13.5. The van der Waals surface area contributed by atoms with Crippen LogP contribution in [0.1, 0.15) is 32.3 Å². The molecule has 1 rings (SSSR count). The number of halogens is 2. The third-order valence-electron chi connectivity index (χ3n) is 2.93. The topological polar surface area (TPSA) is 12.0 Å². The fourth-order valence-electron chi connectivity index (χ4n) is 1.67. The zero-order chi connectivity index (χ0) is 12.0. The molecule has 0 bridgehead atoms. The van der Waals surface area contributed by atoms with E-state index in [2.05, 4.69) is 19.2 Å². The van der Waals surface area contributed by atoms with E-state index in [-0.39, 0.29) is 10.8 Å². The molecule has 0 fully saturated rings. The average molecular weight is 244 g/mol. The molecule has 0 radical (unpaired) electrons. The van der Waals surface area contributed by atoms with Crippen molar-refractivity contribution in [2.75, 3.05) is 6.54 Å². The van der Waals surface area contributed by atoms with Crippen LogP contribution >= 0.6 is 11.6 Å². The van der Waals surface area contributed by atoms with Crippen molar-refractivity contribution in [2.45, 2.75) is 33.2 Å². The third-order valence-corrected chi connectivity index (χ3v) is 3.36. The zero-order valence-electron chi connectivity index (χ0n) is 9.89. The highest BCUT2D eigenvalue weighted by atomic mass is 35.5. The summed E-state index contributed by atoms with van der Waals surface area (Å²) in [7, 11) is 0. The second-order valence-electron chi connectivity index (χ2n) is 4.03. The first-order valence-corrected chi connectivity index (χ1v) is 6.20. The Balaban J connectivity index is 2.46. The minimum absolute atomic E-state index is 0.236. The Labute approximate surface area is 102 Å². The highest BCUT2D eigenvalue weighted by Gasteiger charge is 2.06. The molecule has 1 aromatic carbocycles. The first-order valence-electron chi connectivity index (χ1n) is 5.82. The normalized spacial score (nSPS) is 11.1. The van der Waals surface area contributed by atoms with E-state index in [1.807, 2.05) is 6.07 Å². The number of hydrogen-bond acceptors (Lipinski definition) is 1. The maximum Gasteiger partial charge on any atom is 0.142 e. The van der Waals surface area contributed by atoms with Crippen LogP contribution in [0.4, 0.5) is 4.39 Å². The van der Waals surface area contributed by atoms with Gasteiger partial charge in [-0.1, -0.05) is 50.4 Å². The van der Waals surface area contributed by atoms with E-state index in [1.165, 1.54) is 18.9 Å². The largest absolute Gasteiger partial charge is 0.312 e. The zero-order valence-corrected chi connectivity index (χ0v) is 10.6. The molecule has 0 spiro atoms. The fourth-order valence-corrected chi connectivity index (χ4v) is 1.87. The molecular weight excluding hydrogens is 225 g/mol. The molecule has 0 aliphatic rings. The van der Waals surface area contributed by atoms with Gasteiger partial charge >= 0.3 is 0 Å². The SMILES string of the molecule is CCC(CC)CNCc1cccc(F)c1Cl. The lowest BCUT2D eigenvalue weighted by molar-refractivity contribution is 0.449. The molecule has 0 aromatic heterocycles. The van der Waals surface area contributed by atoms with Gasteiger partial charge in [0.1, 0.15) is 5.82 Å². The second kappa shape index (κ2) is 6.87. The smallest absolute Gasteiger partial charge is 0.142 e. The van der Waals surface area contributed by atoms with Crippen LogP contribution in [0, 0.1) is 11.7 Å². The summed E-state index contributed by atoms with van der Waals surface area (Å²) >= 11 is 5.86. The maximum atomic E-state index is 13.1. The van der Waals surface area contributed by atoms with Crippen molar-refractivity contribution in [1.29, 1.82) is 0 Å². The molecule has 0 aliphatic carbocycles. The molecule has 1 N–H and O–H groups in total. The van der Waals surface area contributed by atoms with Crippen molar-refractivity contribution >= 4 is 11.6 Å². The minimum Gasteiger partial charge on any atom is -0.312 e. The summed E-state index contributed by atoms with van der Waals surface area (Å²) in [5.41, 5.74) is 0.827. The van der Waals surface area contributed by atoms with Gasteiger partial charge in [-0.05, 0) is 24.1 Å². The van der Waals surface area contributed by atoms with E-state index in [0.29, 0.717) is 12.5 Å². The van der Waals surface area contributed by atoms with Crippen molar-refractivity contribution in [2.24, 2.45) is 5.92 Å². The quantitative estimate of drug-likeness (QED) is 0.796. The minimum atomic E-state index is -0.344. The average Bonchev–Trinajstić information content (AvgIpc) is 2.30. The molecule has 1 aromatic rings. The van der Waals surface area contributed by atoms with Crippen LogP contribution in [0.3, 0.4) is 0 Å². The van der Waals surface area contributed by atoms with E-state index in [0.717, 1.165) is 12.1 Å². The van der Waals surface area contributed by atoms with Gasteiger partial charge in [0.25, 0.3) is 0 Å². The molecule has 0 unspecified atom stereocenters. The Morgan fingerprint density at radius 2 is 2.00 bits per heavy atom. The molecule has 0 amide bonds. The Bertz CT molecular complexity index is 324. The van der Waals surface area contributed by atoms with Crippen molar-refractivity contribution in [3.8, 4) is 0 Å². The summed E-state index contributed by atoms with van der Waals surface area (Å²) in [6, 6.07) is 4.92. The lowest BCUT2D eigenvalue weighted by Gasteiger charge is -2.13. The first-order chi connectivity index (χ1) is 7.69. The lowest BCUT2D eigenvalue weighted by Crippen LogP contribution is -2.21. The second-order valence-corrected chi connectivity index (χ2v) is 4.40. The molecule has 90 valence electrons. The molecule has 0 heterocycles. The number of nitrogens with one attached hydrogen (secondary N) is 1. The van der Waals surface area contributed by atoms with Crippen molar-refractivity contribution < 1.29 is 4.39 Å². The molecule has 0 saturated heterocycles. The molecule has 0 saturated carbocycles. The summed E-state index contributed by atoms with van der Waals surface area (Å²) in [6.45, 7) is 5.96. The molecule has 16 heavy (non-hydrogen) atoms. The van der Waals surface area contributed by atoms with Crippen LogP contribution in [0.15, 0.2) is 18.2 Å². The molecule has 1 nitrogen and oxygen atoms in total. The number of hydrogen-bond donors (Lipinski definition) is 1. The highest BCUT2D eigenvalue weighted by Crippen LogP contribution is 2.19. The number of benzene rings is 1. The van der Waals surface area contributed by atoms with Crippen LogP contribution in [0.2, 0.25) is 5.02 Å². The van der Waals surface area contributed by atoms with Gasteiger partial charge in [-0.15, -0.1) is 0 Å². The summed E-state index contributed by atoms with van der Waals surface area (Å²) in [5.74, 6) is 0.343. The highest BCUT2D eigenvalue weighted by molar-refractivity contribution is 6.31. The van der Waals surface area contributed by atoms with Crippen molar-refractivity contribution in [3.05, 3.63) is 34.6 Å². The van der Waals surface area contributed by atoms with Gasteiger partial charge < -0.3 is 5.32 Å². The van der Waals surface area contributed by atoms with E-state index >= 15 is 0 Å². The van der Waals surface area contributed by atoms with E-state index in [4.69, 9.17) is 11.6 Å². The van der Waals surface area contributed by atoms with Crippen LogP contribution in [-0.2, 0) is 6.54 Å². The van der Waals surface area contributed by atoms with Gasteiger partial charge in [0.05, 0.1) is 5.02 Å². The van der Waals surface area contributed by atoms with Gasteiger partial charge in [-0.25, -0.2) is 4.39 Å².